The van der Waals surface area contributed by atoms with Crippen LogP contribution in [0, 0.1) is 19.7 Å². The van der Waals surface area contributed by atoms with Crippen molar-refractivity contribution >= 4 is 27.3 Å². The molecule has 1 aromatic heterocycles. The lowest BCUT2D eigenvalue weighted by Crippen LogP contribution is -2.03. The molecule has 0 aliphatic carbocycles. The summed E-state index contributed by atoms with van der Waals surface area (Å²) in [6, 6.07) is 6.53. The van der Waals surface area contributed by atoms with Crippen molar-refractivity contribution < 1.29 is 9.50 Å². The Kier molecular flexibility index (Phi) is 4.20. The van der Waals surface area contributed by atoms with Crippen LogP contribution in [-0.2, 0) is 6.42 Å². The number of benzene rings is 1. The van der Waals surface area contributed by atoms with Gasteiger partial charge in [0.1, 0.15) is 5.82 Å². The molecule has 1 N–H and O–H groups in total. The second-order valence-corrected chi connectivity index (χ2v) is 6.64. The molecule has 0 saturated carbocycles. The molecular weight excluding hydrogens is 315 g/mol. The van der Waals surface area contributed by atoms with Gasteiger partial charge in [-0.1, -0.05) is 15.9 Å². The van der Waals surface area contributed by atoms with Gasteiger partial charge in [-0.3, -0.25) is 0 Å². The largest absolute Gasteiger partial charge is 0.388 e. The summed E-state index contributed by atoms with van der Waals surface area (Å²) in [5.74, 6) is -0.279. The zero-order valence-corrected chi connectivity index (χ0v) is 12.6. The number of hydrogen-bond acceptors (Lipinski definition) is 2. The van der Waals surface area contributed by atoms with Crippen LogP contribution in [0.1, 0.15) is 27.0 Å². The molecule has 0 aliphatic rings. The van der Waals surface area contributed by atoms with E-state index in [0.717, 1.165) is 20.5 Å². The fourth-order valence-corrected chi connectivity index (χ4v) is 3.39. The van der Waals surface area contributed by atoms with Gasteiger partial charge in [-0.2, -0.15) is 0 Å². The predicted octanol–water partition coefficient (Wildman–Crippen LogP) is 4.54. The van der Waals surface area contributed by atoms with Gasteiger partial charge in [0.15, 0.2) is 0 Å². The first-order chi connectivity index (χ1) is 8.47. The predicted molar refractivity (Wildman–Crippen MR) is 76.6 cm³/mol. The molecule has 1 unspecified atom stereocenters. The van der Waals surface area contributed by atoms with Gasteiger partial charge in [-0.05, 0) is 49.2 Å². The lowest BCUT2D eigenvalue weighted by Gasteiger charge is -2.12. The standard InChI is InChI=1S/C14H14BrFOS/c1-8-5-12(9(2)18-8)14(17)7-10-6-11(16)3-4-13(10)15/h3-6,14,17H,7H2,1-2H3. The quantitative estimate of drug-likeness (QED) is 0.876. The second-order valence-electron chi connectivity index (χ2n) is 4.32. The molecule has 0 aliphatic heterocycles. The van der Waals surface area contributed by atoms with Gasteiger partial charge < -0.3 is 5.11 Å². The average molecular weight is 329 g/mol. The maximum absolute atomic E-state index is 13.2. The minimum atomic E-state index is -0.590. The van der Waals surface area contributed by atoms with Crippen LogP contribution >= 0.6 is 27.3 Å². The zero-order chi connectivity index (χ0) is 13.3. The highest BCUT2D eigenvalue weighted by Gasteiger charge is 2.15. The van der Waals surface area contributed by atoms with Crippen molar-refractivity contribution in [3.05, 3.63) is 55.4 Å². The number of thiophene rings is 1. The first kappa shape index (κ1) is 13.7. The Bertz CT molecular complexity index is 565. The Morgan fingerprint density at radius 3 is 2.67 bits per heavy atom. The van der Waals surface area contributed by atoms with E-state index in [0.29, 0.717) is 6.42 Å². The summed E-state index contributed by atoms with van der Waals surface area (Å²) in [4.78, 5) is 2.30. The Hall–Kier alpha value is -0.710. The number of aliphatic hydroxyl groups is 1. The van der Waals surface area contributed by atoms with Crippen molar-refractivity contribution in [1.82, 2.24) is 0 Å². The molecular formula is C14H14BrFOS. The molecule has 1 nitrogen and oxygen atoms in total. The lowest BCUT2D eigenvalue weighted by molar-refractivity contribution is 0.178. The van der Waals surface area contributed by atoms with Crippen molar-refractivity contribution in [1.29, 1.82) is 0 Å². The van der Waals surface area contributed by atoms with E-state index >= 15 is 0 Å². The summed E-state index contributed by atoms with van der Waals surface area (Å²) in [6.07, 6.45) is -0.178. The van der Waals surface area contributed by atoms with Crippen molar-refractivity contribution in [2.75, 3.05) is 0 Å². The maximum atomic E-state index is 13.2. The average Bonchev–Trinajstić information content (AvgIpc) is 2.63. The van der Waals surface area contributed by atoms with Crippen LogP contribution < -0.4 is 0 Å². The maximum Gasteiger partial charge on any atom is 0.123 e. The monoisotopic (exact) mass is 328 g/mol. The van der Waals surface area contributed by atoms with E-state index in [1.807, 2.05) is 19.9 Å². The van der Waals surface area contributed by atoms with Crippen molar-refractivity contribution in [2.24, 2.45) is 0 Å². The molecule has 18 heavy (non-hydrogen) atoms. The number of aliphatic hydroxyl groups excluding tert-OH is 1. The summed E-state index contributed by atoms with van der Waals surface area (Å²) >= 11 is 5.05. The number of aryl methyl sites for hydroxylation is 2. The molecule has 2 aromatic rings. The Morgan fingerprint density at radius 2 is 2.06 bits per heavy atom. The van der Waals surface area contributed by atoms with Gasteiger partial charge in [0.05, 0.1) is 6.10 Å². The van der Waals surface area contributed by atoms with Gasteiger partial charge in [0.2, 0.25) is 0 Å². The summed E-state index contributed by atoms with van der Waals surface area (Å²) < 4.78 is 14.0. The third-order valence-corrected chi connectivity index (χ3v) is 4.61. The van der Waals surface area contributed by atoms with Crippen LogP contribution in [0.2, 0.25) is 0 Å². The molecule has 4 heteroatoms. The Balaban J connectivity index is 2.23. The Morgan fingerprint density at radius 1 is 1.33 bits per heavy atom. The smallest absolute Gasteiger partial charge is 0.123 e. The van der Waals surface area contributed by atoms with Gasteiger partial charge in [0, 0.05) is 20.6 Å². The first-order valence-corrected chi connectivity index (χ1v) is 7.27. The van der Waals surface area contributed by atoms with E-state index in [4.69, 9.17) is 0 Å². The molecule has 0 bridgehead atoms. The SMILES string of the molecule is Cc1cc(C(O)Cc2cc(F)ccc2Br)c(C)s1. The molecule has 1 atom stereocenters. The summed E-state index contributed by atoms with van der Waals surface area (Å²) in [5, 5.41) is 10.2. The normalized spacial score (nSPS) is 12.7. The van der Waals surface area contributed by atoms with Crippen LogP contribution in [-0.4, -0.2) is 5.11 Å². The summed E-state index contributed by atoms with van der Waals surface area (Å²) in [7, 11) is 0. The van der Waals surface area contributed by atoms with Gasteiger partial charge in [-0.15, -0.1) is 11.3 Å². The summed E-state index contributed by atoms with van der Waals surface area (Å²) in [6.45, 7) is 4.02. The second kappa shape index (κ2) is 5.51. The molecule has 0 amide bonds. The van der Waals surface area contributed by atoms with Crippen LogP contribution in [0.25, 0.3) is 0 Å². The fourth-order valence-electron chi connectivity index (χ4n) is 2.00. The van der Waals surface area contributed by atoms with E-state index in [9.17, 15) is 9.50 Å². The highest BCUT2D eigenvalue weighted by molar-refractivity contribution is 9.10. The van der Waals surface area contributed by atoms with Crippen molar-refractivity contribution in [3.63, 3.8) is 0 Å². The number of rotatable bonds is 3. The van der Waals surface area contributed by atoms with Crippen LogP contribution in [0.4, 0.5) is 4.39 Å². The topological polar surface area (TPSA) is 20.2 Å². The van der Waals surface area contributed by atoms with Crippen LogP contribution in [0.5, 0.6) is 0 Å². The summed E-state index contributed by atoms with van der Waals surface area (Å²) in [5.41, 5.74) is 1.72. The third kappa shape index (κ3) is 2.99. The highest BCUT2D eigenvalue weighted by Crippen LogP contribution is 2.30. The van der Waals surface area contributed by atoms with E-state index in [-0.39, 0.29) is 5.82 Å². The molecule has 1 heterocycles. The van der Waals surface area contributed by atoms with Gasteiger partial charge >= 0.3 is 0 Å². The number of hydrogen-bond donors (Lipinski definition) is 1. The Labute approximate surface area is 118 Å². The highest BCUT2D eigenvalue weighted by atomic mass is 79.9. The van der Waals surface area contributed by atoms with Crippen molar-refractivity contribution in [2.45, 2.75) is 26.4 Å². The molecule has 96 valence electrons. The minimum Gasteiger partial charge on any atom is -0.388 e. The fraction of sp³-hybridized carbons (Fsp3) is 0.286. The van der Waals surface area contributed by atoms with E-state index < -0.39 is 6.10 Å². The molecule has 0 spiro atoms. The van der Waals surface area contributed by atoms with E-state index in [1.165, 1.54) is 17.0 Å². The van der Waals surface area contributed by atoms with Crippen molar-refractivity contribution in [3.8, 4) is 0 Å². The van der Waals surface area contributed by atoms with Crippen LogP contribution in [0.15, 0.2) is 28.7 Å². The minimum absolute atomic E-state index is 0.279. The van der Waals surface area contributed by atoms with Gasteiger partial charge in [-0.25, -0.2) is 4.39 Å². The molecule has 2 rings (SSSR count). The molecule has 1 aromatic carbocycles. The van der Waals surface area contributed by atoms with Gasteiger partial charge in [0.25, 0.3) is 0 Å². The lowest BCUT2D eigenvalue weighted by atomic mass is 10.0. The number of halogens is 2. The zero-order valence-electron chi connectivity index (χ0n) is 10.2. The first-order valence-electron chi connectivity index (χ1n) is 5.66. The van der Waals surface area contributed by atoms with Crippen LogP contribution in [0.3, 0.4) is 0 Å². The van der Waals surface area contributed by atoms with E-state index in [1.54, 1.807) is 17.4 Å². The van der Waals surface area contributed by atoms with E-state index in [2.05, 4.69) is 15.9 Å². The molecule has 0 radical (unpaired) electrons. The third-order valence-electron chi connectivity index (χ3n) is 2.86. The molecule has 0 saturated heterocycles. The molecule has 0 fully saturated rings.